The highest BCUT2D eigenvalue weighted by Crippen LogP contribution is 2.35. The molecule has 0 atom stereocenters. The number of carbonyl (C=O) groups is 1. The number of benzene rings is 3. The van der Waals surface area contributed by atoms with E-state index in [2.05, 4.69) is 20.2 Å². The van der Waals surface area contributed by atoms with E-state index in [9.17, 15) is 19.1 Å². The van der Waals surface area contributed by atoms with Gasteiger partial charge in [0, 0.05) is 5.39 Å². The summed E-state index contributed by atoms with van der Waals surface area (Å²) in [6.45, 7) is 0. The van der Waals surface area contributed by atoms with E-state index in [1.165, 1.54) is 22.8 Å². The number of aromatic hydroxyl groups is 1. The number of aromatic amines is 1. The Morgan fingerprint density at radius 3 is 2.65 bits per heavy atom. The maximum absolute atomic E-state index is 13.6. The van der Waals surface area contributed by atoms with E-state index in [0.717, 1.165) is 11.8 Å². The van der Waals surface area contributed by atoms with Gasteiger partial charge in [-0.2, -0.15) is 0 Å². The number of azo groups is 1. The number of para-hydroxylation sites is 2. The first-order chi connectivity index (χ1) is 16.5. The molecule has 0 saturated heterocycles. The Kier molecular flexibility index (Phi) is 5.64. The van der Waals surface area contributed by atoms with E-state index in [1.807, 2.05) is 6.07 Å². The number of rotatable bonds is 5. The second kappa shape index (κ2) is 8.91. The van der Waals surface area contributed by atoms with Crippen LogP contribution in [0.25, 0.3) is 27.5 Å². The predicted octanol–water partition coefficient (Wildman–Crippen LogP) is 5.11. The fourth-order valence-electron chi connectivity index (χ4n) is 3.51. The molecule has 8 nitrogen and oxygen atoms in total. The van der Waals surface area contributed by atoms with Gasteiger partial charge in [-0.05, 0) is 42.5 Å². The summed E-state index contributed by atoms with van der Waals surface area (Å²) in [5.41, 5.74) is 1.31. The summed E-state index contributed by atoms with van der Waals surface area (Å²) in [5.74, 6) is -1.60. The van der Waals surface area contributed by atoms with Crippen molar-refractivity contribution in [3.05, 3.63) is 89.0 Å². The summed E-state index contributed by atoms with van der Waals surface area (Å²) in [6.07, 6.45) is 0. The van der Waals surface area contributed by atoms with Gasteiger partial charge in [0.1, 0.15) is 5.82 Å². The molecule has 5 aromatic rings. The lowest BCUT2D eigenvalue weighted by atomic mass is 10.2. The molecule has 168 valence electrons. The van der Waals surface area contributed by atoms with E-state index in [4.69, 9.17) is 0 Å². The third-order valence-corrected chi connectivity index (χ3v) is 5.98. The monoisotopic (exact) mass is 473 g/mol. The number of thioether (sulfide) groups is 1. The largest absolute Gasteiger partial charge is 0.493 e. The molecule has 0 unspecified atom stereocenters. The van der Waals surface area contributed by atoms with Crippen LogP contribution in [-0.4, -0.2) is 31.3 Å². The molecule has 3 aromatic carbocycles. The number of halogens is 1. The van der Waals surface area contributed by atoms with Crippen molar-refractivity contribution < 1.29 is 14.3 Å². The molecule has 0 radical (unpaired) electrons. The Morgan fingerprint density at radius 1 is 1.06 bits per heavy atom. The number of carbonyl (C=O) groups excluding carboxylic acids is 1. The molecule has 2 aromatic heterocycles. The topological polar surface area (TPSA) is 113 Å². The number of hydrogen-bond acceptors (Lipinski definition) is 6. The number of hydrogen-bond donors (Lipinski definition) is 2. The van der Waals surface area contributed by atoms with Crippen molar-refractivity contribution in [1.82, 2.24) is 14.5 Å². The summed E-state index contributed by atoms with van der Waals surface area (Å²) < 4.78 is 15.0. The van der Waals surface area contributed by atoms with Crippen LogP contribution in [0.3, 0.4) is 0 Å². The Morgan fingerprint density at radius 2 is 1.82 bits per heavy atom. The molecule has 0 aliphatic heterocycles. The van der Waals surface area contributed by atoms with E-state index in [1.54, 1.807) is 48.5 Å². The van der Waals surface area contributed by atoms with Crippen LogP contribution in [0.1, 0.15) is 0 Å². The van der Waals surface area contributed by atoms with Crippen molar-refractivity contribution in [1.29, 1.82) is 0 Å². The minimum absolute atomic E-state index is 0.0297. The summed E-state index contributed by atoms with van der Waals surface area (Å²) in [4.78, 5) is 32.9. The molecule has 10 heteroatoms. The summed E-state index contributed by atoms with van der Waals surface area (Å²) in [7, 11) is 0. The zero-order chi connectivity index (χ0) is 23.7. The van der Waals surface area contributed by atoms with Crippen LogP contribution in [0.5, 0.6) is 5.88 Å². The fraction of sp³-hybridized carbons (Fsp3) is 0.0417. The van der Waals surface area contributed by atoms with Gasteiger partial charge in [0.15, 0.2) is 10.8 Å². The molecule has 34 heavy (non-hydrogen) atoms. The lowest BCUT2D eigenvalue weighted by molar-refractivity contribution is -0.115. The van der Waals surface area contributed by atoms with Gasteiger partial charge in [0.05, 0.1) is 27.9 Å². The van der Waals surface area contributed by atoms with Crippen molar-refractivity contribution in [2.75, 3.05) is 5.75 Å². The third-order valence-electron chi connectivity index (χ3n) is 5.06. The van der Waals surface area contributed by atoms with Crippen molar-refractivity contribution in [3.8, 4) is 11.6 Å². The van der Waals surface area contributed by atoms with Crippen LogP contribution in [0.4, 0.5) is 10.1 Å². The van der Waals surface area contributed by atoms with Crippen LogP contribution in [0, 0.1) is 5.82 Å². The molecule has 0 aliphatic carbocycles. The molecular formula is C24H16FN5O3S. The lowest BCUT2D eigenvalue weighted by Gasteiger charge is -2.12. The zero-order valence-electron chi connectivity index (χ0n) is 17.5. The van der Waals surface area contributed by atoms with Gasteiger partial charge in [0.2, 0.25) is 5.88 Å². The van der Waals surface area contributed by atoms with Crippen LogP contribution >= 0.6 is 11.8 Å². The number of aromatic nitrogens is 3. The first-order valence-electron chi connectivity index (χ1n) is 10.2. The molecule has 0 saturated carbocycles. The summed E-state index contributed by atoms with van der Waals surface area (Å²) in [6, 6.07) is 19.9. The predicted molar refractivity (Wildman–Crippen MR) is 128 cm³/mol. The molecule has 0 bridgehead atoms. The average molecular weight is 473 g/mol. The summed E-state index contributed by atoms with van der Waals surface area (Å²) >= 11 is 1.04. The Hall–Kier alpha value is -4.31. The highest BCUT2D eigenvalue weighted by Gasteiger charge is 2.15. The molecular weight excluding hydrogens is 457 g/mol. The zero-order valence-corrected chi connectivity index (χ0v) is 18.3. The maximum atomic E-state index is 13.6. The van der Waals surface area contributed by atoms with Crippen LogP contribution in [-0.2, 0) is 4.79 Å². The quantitative estimate of drug-likeness (QED) is 0.209. The minimum Gasteiger partial charge on any atom is -0.493 e. The standard InChI is InChI=1S/C24H16FN5O3S/c25-14-10-11-19-17(12-14)21(22(32)26-19)29-28-20(31)13-34-24-27-18-9-5-4-8-16(18)23(33)30(24)15-6-2-1-3-7-15/h1-12,26,32H,13H2. The molecule has 2 heterocycles. The number of nitrogens with zero attached hydrogens (tertiary/aromatic N) is 4. The van der Waals surface area contributed by atoms with Crippen molar-refractivity contribution in [2.24, 2.45) is 10.2 Å². The second-order valence-corrected chi connectivity index (χ2v) is 8.22. The molecule has 5 rings (SSSR count). The first kappa shape index (κ1) is 21.5. The Balaban J connectivity index is 1.44. The number of fused-ring (bicyclic) bond motifs is 2. The van der Waals surface area contributed by atoms with Gasteiger partial charge in [-0.15, -0.1) is 10.2 Å². The van der Waals surface area contributed by atoms with Gasteiger partial charge in [-0.25, -0.2) is 9.37 Å². The molecule has 0 spiro atoms. The van der Waals surface area contributed by atoms with Crippen molar-refractivity contribution in [3.63, 3.8) is 0 Å². The minimum atomic E-state index is -0.614. The van der Waals surface area contributed by atoms with Gasteiger partial charge in [-0.1, -0.05) is 42.1 Å². The first-order valence-corrected chi connectivity index (χ1v) is 11.1. The number of nitrogens with one attached hydrogen (secondary N) is 1. The lowest BCUT2D eigenvalue weighted by Crippen LogP contribution is -2.22. The van der Waals surface area contributed by atoms with Crippen molar-refractivity contribution >= 4 is 45.2 Å². The fourth-order valence-corrected chi connectivity index (χ4v) is 4.30. The van der Waals surface area contributed by atoms with Crippen LogP contribution < -0.4 is 5.56 Å². The highest BCUT2D eigenvalue weighted by atomic mass is 32.2. The average Bonchev–Trinajstić information content (AvgIpc) is 3.16. The second-order valence-electron chi connectivity index (χ2n) is 7.28. The SMILES string of the molecule is O=C(CSc1nc2ccccc2c(=O)n1-c1ccccc1)N=Nc1c(O)[nH]c2ccc(F)cc12. The van der Waals surface area contributed by atoms with E-state index in [-0.39, 0.29) is 22.9 Å². The van der Waals surface area contributed by atoms with Crippen molar-refractivity contribution in [2.45, 2.75) is 5.16 Å². The van der Waals surface area contributed by atoms with Gasteiger partial charge >= 0.3 is 0 Å². The molecule has 2 N–H and O–H groups in total. The third kappa shape index (κ3) is 4.06. The smallest absolute Gasteiger partial charge is 0.275 e. The van der Waals surface area contributed by atoms with E-state index >= 15 is 0 Å². The van der Waals surface area contributed by atoms with Gasteiger partial charge in [-0.3, -0.25) is 14.2 Å². The highest BCUT2D eigenvalue weighted by molar-refractivity contribution is 7.99. The van der Waals surface area contributed by atoms with E-state index < -0.39 is 11.7 Å². The molecule has 1 amide bonds. The maximum Gasteiger partial charge on any atom is 0.275 e. The Labute approximate surface area is 195 Å². The number of H-pyrrole nitrogens is 1. The molecule has 0 fully saturated rings. The Bertz CT molecular complexity index is 1630. The normalized spacial score (nSPS) is 11.6. The van der Waals surface area contributed by atoms with Gasteiger partial charge in [0.25, 0.3) is 11.5 Å². The number of amides is 1. The van der Waals surface area contributed by atoms with Crippen LogP contribution in [0.15, 0.2) is 93.0 Å². The van der Waals surface area contributed by atoms with Crippen LogP contribution in [0.2, 0.25) is 0 Å². The molecule has 0 aliphatic rings. The van der Waals surface area contributed by atoms with E-state index in [0.29, 0.717) is 32.6 Å². The summed E-state index contributed by atoms with van der Waals surface area (Å²) in [5, 5.41) is 18.6. The van der Waals surface area contributed by atoms with Gasteiger partial charge < -0.3 is 10.1 Å².